The maximum Gasteiger partial charge on any atom is 0.191 e. The van der Waals surface area contributed by atoms with Gasteiger partial charge in [0.05, 0.1) is 17.6 Å². The van der Waals surface area contributed by atoms with Crippen molar-refractivity contribution in [2.75, 3.05) is 7.05 Å². The van der Waals surface area contributed by atoms with Gasteiger partial charge in [0.2, 0.25) is 0 Å². The normalized spacial score (nSPS) is 13.2. The van der Waals surface area contributed by atoms with Crippen LogP contribution in [0.5, 0.6) is 0 Å². The Labute approximate surface area is 145 Å². The van der Waals surface area contributed by atoms with Crippen molar-refractivity contribution in [3.8, 4) is 0 Å². The summed E-state index contributed by atoms with van der Waals surface area (Å²) >= 11 is 0. The number of para-hydroxylation sites is 2. The molecule has 24 heavy (non-hydrogen) atoms. The molecule has 1 aromatic carbocycles. The van der Waals surface area contributed by atoms with Crippen LogP contribution in [0.4, 0.5) is 0 Å². The fraction of sp³-hybridized carbons (Fsp3) is 0.579. The zero-order chi connectivity index (χ0) is 17.4. The molecule has 5 nitrogen and oxygen atoms in total. The van der Waals surface area contributed by atoms with Crippen molar-refractivity contribution >= 4 is 17.0 Å². The lowest BCUT2D eigenvalue weighted by atomic mass is 10.1. The molecule has 0 amide bonds. The van der Waals surface area contributed by atoms with Gasteiger partial charge in [-0.05, 0) is 25.5 Å². The first-order chi connectivity index (χ1) is 11.7. The van der Waals surface area contributed by atoms with E-state index in [1.165, 1.54) is 32.1 Å². The first-order valence-electron chi connectivity index (χ1n) is 9.03. The number of aromatic nitrogens is 2. The van der Waals surface area contributed by atoms with Crippen LogP contribution in [0.1, 0.15) is 51.8 Å². The van der Waals surface area contributed by atoms with E-state index in [1.807, 2.05) is 25.2 Å². The monoisotopic (exact) mass is 329 g/mol. The number of imidazole rings is 1. The second kappa shape index (κ2) is 9.30. The van der Waals surface area contributed by atoms with Gasteiger partial charge in [0.15, 0.2) is 5.96 Å². The van der Waals surface area contributed by atoms with Gasteiger partial charge in [-0.15, -0.1) is 0 Å². The van der Waals surface area contributed by atoms with Crippen LogP contribution >= 0.6 is 0 Å². The molecule has 0 aliphatic heterocycles. The highest BCUT2D eigenvalue weighted by molar-refractivity contribution is 5.80. The quantitative estimate of drug-likeness (QED) is 0.442. The van der Waals surface area contributed by atoms with Gasteiger partial charge < -0.3 is 15.2 Å². The topological polar surface area (TPSA) is 54.2 Å². The maximum absolute atomic E-state index is 4.69. The van der Waals surface area contributed by atoms with Crippen molar-refractivity contribution < 1.29 is 0 Å². The Bertz CT molecular complexity index is 659. The number of guanidine groups is 1. The summed E-state index contributed by atoms with van der Waals surface area (Å²) in [6.45, 7) is 5.12. The number of aliphatic imine (C=N–C) groups is 1. The molecule has 0 fully saturated rings. The molecule has 5 heteroatoms. The van der Waals surface area contributed by atoms with Gasteiger partial charge in [-0.1, -0.05) is 44.7 Å². The van der Waals surface area contributed by atoms with E-state index in [1.54, 1.807) is 0 Å². The Morgan fingerprint density at radius 1 is 1.25 bits per heavy atom. The summed E-state index contributed by atoms with van der Waals surface area (Å²) in [5.41, 5.74) is 2.19. The maximum atomic E-state index is 4.69. The molecule has 1 atom stereocenters. The Hall–Kier alpha value is -2.04. The van der Waals surface area contributed by atoms with Gasteiger partial charge in [0.1, 0.15) is 5.82 Å². The summed E-state index contributed by atoms with van der Waals surface area (Å²) in [6, 6.07) is 8.63. The van der Waals surface area contributed by atoms with E-state index in [-0.39, 0.29) is 0 Å². The van der Waals surface area contributed by atoms with E-state index in [4.69, 9.17) is 0 Å². The number of rotatable bonds is 8. The molecule has 132 valence electrons. The lowest BCUT2D eigenvalue weighted by Gasteiger charge is -2.17. The number of benzene rings is 1. The van der Waals surface area contributed by atoms with Gasteiger partial charge in [0.25, 0.3) is 0 Å². The third-order valence-corrected chi connectivity index (χ3v) is 4.39. The number of unbranched alkanes of at least 4 members (excludes halogenated alkanes) is 3. The van der Waals surface area contributed by atoms with E-state index < -0.39 is 0 Å². The molecule has 0 aliphatic carbocycles. The number of hydrogen-bond donors (Lipinski definition) is 2. The molecule has 1 heterocycles. The number of fused-ring (bicyclic) bond motifs is 1. The van der Waals surface area contributed by atoms with Gasteiger partial charge in [0, 0.05) is 20.1 Å². The summed E-state index contributed by atoms with van der Waals surface area (Å²) in [5.74, 6) is 1.85. The lowest BCUT2D eigenvalue weighted by Crippen LogP contribution is -2.42. The molecular weight excluding hydrogens is 298 g/mol. The highest BCUT2D eigenvalue weighted by Crippen LogP contribution is 2.13. The fourth-order valence-corrected chi connectivity index (χ4v) is 2.89. The molecule has 0 saturated heterocycles. The zero-order valence-electron chi connectivity index (χ0n) is 15.5. The lowest BCUT2D eigenvalue weighted by molar-refractivity contribution is 0.536. The van der Waals surface area contributed by atoms with Crippen molar-refractivity contribution in [2.24, 2.45) is 12.0 Å². The van der Waals surface area contributed by atoms with E-state index >= 15 is 0 Å². The molecule has 2 rings (SSSR count). The Morgan fingerprint density at radius 2 is 2.04 bits per heavy atom. The van der Waals surface area contributed by atoms with Crippen LogP contribution in [0.25, 0.3) is 11.0 Å². The molecule has 1 aromatic heterocycles. The first-order valence-corrected chi connectivity index (χ1v) is 9.03. The van der Waals surface area contributed by atoms with Crippen LogP contribution < -0.4 is 10.6 Å². The number of nitrogens with zero attached hydrogens (tertiary/aromatic N) is 3. The third-order valence-electron chi connectivity index (χ3n) is 4.39. The second-order valence-electron chi connectivity index (χ2n) is 6.40. The van der Waals surface area contributed by atoms with Crippen LogP contribution in [0.15, 0.2) is 29.3 Å². The number of aryl methyl sites for hydroxylation is 1. The average Bonchev–Trinajstić information content (AvgIpc) is 2.92. The van der Waals surface area contributed by atoms with Crippen molar-refractivity contribution in [3.05, 3.63) is 30.1 Å². The van der Waals surface area contributed by atoms with Gasteiger partial charge in [-0.2, -0.15) is 0 Å². The summed E-state index contributed by atoms with van der Waals surface area (Å²) in [6.07, 6.45) is 6.36. The van der Waals surface area contributed by atoms with Gasteiger partial charge in [-0.3, -0.25) is 4.99 Å². The predicted octanol–water partition coefficient (Wildman–Crippen LogP) is 3.60. The average molecular weight is 329 g/mol. The highest BCUT2D eigenvalue weighted by atomic mass is 15.2. The van der Waals surface area contributed by atoms with Crippen molar-refractivity contribution in [2.45, 2.75) is 58.5 Å². The molecule has 1 unspecified atom stereocenters. The van der Waals surface area contributed by atoms with Crippen LogP contribution in [0.3, 0.4) is 0 Å². The SMILES string of the molecule is CCCCCCC(C)NC(=NC)NCc1nc2ccccc2n1C. The van der Waals surface area contributed by atoms with E-state index in [0.717, 1.165) is 22.8 Å². The Kier molecular flexibility index (Phi) is 7.09. The summed E-state index contributed by atoms with van der Waals surface area (Å²) < 4.78 is 2.13. The standard InChI is InChI=1S/C19H31N5/c1-5-6-7-8-11-15(2)22-19(20-3)21-14-18-23-16-12-9-10-13-17(16)24(18)4/h9-10,12-13,15H,5-8,11,14H2,1-4H3,(H2,20,21,22). The molecule has 2 aromatic rings. The largest absolute Gasteiger partial charge is 0.354 e. The van der Waals surface area contributed by atoms with E-state index in [9.17, 15) is 0 Å². The molecule has 0 aliphatic rings. The van der Waals surface area contributed by atoms with Crippen molar-refractivity contribution in [1.29, 1.82) is 0 Å². The summed E-state index contributed by atoms with van der Waals surface area (Å²) in [7, 11) is 3.87. The summed E-state index contributed by atoms with van der Waals surface area (Å²) in [5, 5.41) is 6.84. The smallest absolute Gasteiger partial charge is 0.191 e. The van der Waals surface area contributed by atoms with E-state index in [2.05, 4.69) is 52.1 Å². The molecule has 2 N–H and O–H groups in total. The number of nitrogens with one attached hydrogen (secondary N) is 2. The van der Waals surface area contributed by atoms with Crippen LogP contribution in [0.2, 0.25) is 0 Å². The third kappa shape index (κ3) is 4.98. The van der Waals surface area contributed by atoms with E-state index in [0.29, 0.717) is 12.6 Å². The molecule has 0 spiro atoms. The van der Waals surface area contributed by atoms with Crippen molar-refractivity contribution in [1.82, 2.24) is 20.2 Å². The molecule has 0 bridgehead atoms. The molecule has 0 radical (unpaired) electrons. The van der Waals surface area contributed by atoms with Crippen molar-refractivity contribution in [3.63, 3.8) is 0 Å². The highest BCUT2D eigenvalue weighted by Gasteiger charge is 2.09. The van der Waals surface area contributed by atoms with Gasteiger partial charge in [-0.25, -0.2) is 4.98 Å². The second-order valence-corrected chi connectivity index (χ2v) is 6.40. The minimum atomic E-state index is 0.425. The Morgan fingerprint density at radius 3 is 2.75 bits per heavy atom. The zero-order valence-corrected chi connectivity index (χ0v) is 15.5. The first kappa shape index (κ1) is 18.3. The minimum Gasteiger partial charge on any atom is -0.354 e. The van der Waals surface area contributed by atoms with Crippen LogP contribution in [-0.4, -0.2) is 28.6 Å². The summed E-state index contributed by atoms with van der Waals surface area (Å²) in [4.78, 5) is 9.01. The Balaban J connectivity index is 1.85. The fourth-order valence-electron chi connectivity index (χ4n) is 2.89. The molecule has 0 saturated carbocycles. The van der Waals surface area contributed by atoms with Gasteiger partial charge >= 0.3 is 0 Å². The molecular formula is C19H31N5. The predicted molar refractivity (Wildman–Crippen MR) is 102 cm³/mol. The van der Waals surface area contributed by atoms with Crippen LogP contribution in [-0.2, 0) is 13.6 Å². The van der Waals surface area contributed by atoms with Crippen LogP contribution in [0, 0.1) is 0 Å². The minimum absolute atomic E-state index is 0.425. The number of hydrogen-bond acceptors (Lipinski definition) is 2.